The first-order valence-electron chi connectivity index (χ1n) is 9.03. The Labute approximate surface area is 175 Å². The molecular formula is C22H25N3O5. The number of hydrogen-bond acceptors (Lipinski definition) is 6. The molecule has 158 valence electrons. The third-order valence-electron chi connectivity index (χ3n) is 4.05. The van der Waals surface area contributed by atoms with E-state index in [1.807, 2.05) is 12.1 Å². The molecule has 2 amide bonds. The summed E-state index contributed by atoms with van der Waals surface area (Å²) >= 11 is 0. The lowest BCUT2D eigenvalue weighted by molar-refractivity contribution is -0.124. The molecule has 0 unspecified atom stereocenters. The molecule has 0 atom stereocenters. The van der Waals surface area contributed by atoms with Gasteiger partial charge in [-0.3, -0.25) is 20.4 Å². The summed E-state index contributed by atoms with van der Waals surface area (Å²) in [5.74, 6) is 1.08. The molecule has 0 bridgehead atoms. The van der Waals surface area contributed by atoms with Gasteiger partial charge in [-0.25, -0.2) is 0 Å². The van der Waals surface area contributed by atoms with Crippen molar-refractivity contribution >= 4 is 23.6 Å². The normalized spacial score (nSPS) is 10.2. The topological polar surface area (TPSA) is 97.9 Å². The summed E-state index contributed by atoms with van der Waals surface area (Å²) in [5.41, 5.74) is 7.10. The highest BCUT2D eigenvalue weighted by atomic mass is 16.5. The van der Waals surface area contributed by atoms with Crippen LogP contribution in [0.2, 0.25) is 0 Å². The molecule has 2 aromatic carbocycles. The van der Waals surface area contributed by atoms with Gasteiger partial charge < -0.3 is 19.5 Å². The Hall–Kier alpha value is -3.94. The number of amides is 2. The Morgan fingerprint density at radius 3 is 2.23 bits per heavy atom. The van der Waals surface area contributed by atoms with Crippen LogP contribution in [0.1, 0.15) is 11.1 Å². The molecule has 0 fully saturated rings. The van der Waals surface area contributed by atoms with Crippen LogP contribution in [-0.2, 0) is 9.59 Å². The average molecular weight is 411 g/mol. The molecule has 0 heterocycles. The quantitative estimate of drug-likeness (QED) is 0.409. The summed E-state index contributed by atoms with van der Waals surface area (Å²) in [6, 6.07) is 12.4. The highest BCUT2D eigenvalue weighted by Gasteiger charge is 2.10. The van der Waals surface area contributed by atoms with Gasteiger partial charge in [-0.2, -0.15) is 0 Å². The summed E-state index contributed by atoms with van der Waals surface area (Å²) < 4.78 is 15.5. The lowest BCUT2D eigenvalue weighted by Crippen LogP contribution is -2.42. The van der Waals surface area contributed by atoms with Gasteiger partial charge in [0.2, 0.25) is 5.91 Å². The molecule has 8 heteroatoms. The fraction of sp³-hybridized carbons (Fsp3) is 0.182. The van der Waals surface area contributed by atoms with Crippen LogP contribution in [0.4, 0.5) is 0 Å². The molecule has 0 radical (unpaired) electrons. The summed E-state index contributed by atoms with van der Waals surface area (Å²) in [6.07, 6.45) is 2.99. The average Bonchev–Trinajstić information content (AvgIpc) is 2.79. The second-order valence-corrected chi connectivity index (χ2v) is 6.04. The van der Waals surface area contributed by atoms with Crippen LogP contribution in [0.3, 0.4) is 0 Å². The van der Waals surface area contributed by atoms with Crippen molar-refractivity contribution in [2.24, 2.45) is 0 Å². The van der Waals surface area contributed by atoms with Crippen molar-refractivity contribution < 1.29 is 23.8 Å². The van der Waals surface area contributed by atoms with E-state index in [9.17, 15) is 9.59 Å². The Morgan fingerprint density at radius 1 is 0.933 bits per heavy atom. The number of ether oxygens (including phenoxy) is 3. The van der Waals surface area contributed by atoms with E-state index in [2.05, 4.69) is 22.7 Å². The minimum absolute atomic E-state index is 0.203. The van der Waals surface area contributed by atoms with Crippen LogP contribution in [0.5, 0.6) is 17.2 Å². The van der Waals surface area contributed by atoms with Crippen molar-refractivity contribution in [3.05, 3.63) is 66.2 Å². The van der Waals surface area contributed by atoms with Gasteiger partial charge in [0.15, 0.2) is 0 Å². The third kappa shape index (κ3) is 6.59. The van der Waals surface area contributed by atoms with Crippen molar-refractivity contribution in [3.8, 4) is 17.2 Å². The van der Waals surface area contributed by atoms with E-state index in [4.69, 9.17) is 14.2 Å². The van der Waals surface area contributed by atoms with Crippen LogP contribution in [-0.4, -0.2) is 39.7 Å². The summed E-state index contributed by atoms with van der Waals surface area (Å²) in [4.78, 5) is 23.8. The maximum Gasteiger partial charge on any atom is 0.257 e. The number of carbonyl (C=O) groups excluding carboxylic acids is 2. The fourth-order valence-electron chi connectivity index (χ4n) is 2.42. The van der Waals surface area contributed by atoms with Gasteiger partial charge in [0.25, 0.3) is 5.91 Å². The van der Waals surface area contributed by atoms with E-state index in [-0.39, 0.29) is 6.54 Å². The highest BCUT2D eigenvalue weighted by Crippen LogP contribution is 2.27. The fourth-order valence-corrected chi connectivity index (χ4v) is 2.42. The predicted molar refractivity (Wildman–Crippen MR) is 115 cm³/mol. The van der Waals surface area contributed by atoms with Gasteiger partial charge in [0, 0.05) is 17.7 Å². The van der Waals surface area contributed by atoms with E-state index in [1.54, 1.807) is 50.6 Å². The number of hydrazine groups is 1. The molecule has 0 aliphatic carbocycles. The third-order valence-corrected chi connectivity index (χ3v) is 4.05. The molecule has 0 aliphatic rings. The van der Waals surface area contributed by atoms with Gasteiger partial charge in [-0.05, 0) is 35.9 Å². The van der Waals surface area contributed by atoms with Gasteiger partial charge in [-0.15, -0.1) is 0 Å². The van der Waals surface area contributed by atoms with Crippen LogP contribution in [0.25, 0.3) is 11.8 Å². The minimum Gasteiger partial charge on any atom is -0.497 e. The molecule has 0 aliphatic heterocycles. The van der Waals surface area contributed by atoms with Crippen LogP contribution in [0.15, 0.2) is 55.1 Å². The van der Waals surface area contributed by atoms with E-state index in [0.29, 0.717) is 22.8 Å². The van der Waals surface area contributed by atoms with Gasteiger partial charge in [-0.1, -0.05) is 18.7 Å². The van der Waals surface area contributed by atoms with E-state index < -0.39 is 11.8 Å². The molecule has 8 nitrogen and oxygen atoms in total. The van der Waals surface area contributed by atoms with Gasteiger partial charge >= 0.3 is 0 Å². The number of nitrogens with one attached hydrogen (secondary N) is 3. The SMILES string of the molecule is C=C(NNC(=O)CNC(=O)/C=C/c1ccc(OC)cc1)c1ccc(OC)cc1OC. The minimum atomic E-state index is -0.435. The number of carbonyl (C=O) groups is 2. The summed E-state index contributed by atoms with van der Waals surface area (Å²) in [6.45, 7) is 3.67. The molecule has 0 saturated carbocycles. The Balaban J connectivity index is 1.79. The first kappa shape index (κ1) is 22.4. The molecule has 30 heavy (non-hydrogen) atoms. The second kappa shape index (κ2) is 11.2. The van der Waals surface area contributed by atoms with E-state index >= 15 is 0 Å². The molecule has 0 spiro atoms. The Bertz CT molecular complexity index is 923. The zero-order chi connectivity index (χ0) is 21.9. The predicted octanol–water partition coefficient (Wildman–Crippen LogP) is 2.13. The molecule has 0 saturated heterocycles. The number of benzene rings is 2. The van der Waals surface area contributed by atoms with Crippen LogP contribution >= 0.6 is 0 Å². The first-order chi connectivity index (χ1) is 14.5. The number of rotatable bonds is 10. The summed E-state index contributed by atoms with van der Waals surface area (Å²) in [7, 11) is 4.67. The van der Waals surface area contributed by atoms with Gasteiger partial charge in [0.05, 0.1) is 33.6 Å². The smallest absolute Gasteiger partial charge is 0.257 e. The van der Waals surface area contributed by atoms with Crippen LogP contribution in [0, 0.1) is 0 Å². The lowest BCUT2D eigenvalue weighted by Gasteiger charge is -2.15. The van der Waals surface area contributed by atoms with Crippen molar-refractivity contribution in [2.75, 3.05) is 27.9 Å². The standard InChI is InChI=1S/C22H25N3O5/c1-15(19-11-10-18(29-3)13-20(19)30-4)24-25-22(27)14-23-21(26)12-7-16-5-8-17(28-2)9-6-16/h5-13,24H,1,14H2,2-4H3,(H,23,26)(H,25,27)/b12-7+. The van der Waals surface area contributed by atoms with Crippen molar-refractivity contribution in [1.29, 1.82) is 0 Å². The molecule has 2 aromatic rings. The summed E-state index contributed by atoms with van der Waals surface area (Å²) in [5, 5.41) is 2.50. The van der Waals surface area contributed by atoms with E-state index in [0.717, 1.165) is 11.3 Å². The maximum absolute atomic E-state index is 12.0. The van der Waals surface area contributed by atoms with Gasteiger partial charge in [0.1, 0.15) is 17.2 Å². The zero-order valence-electron chi connectivity index (χ0n) is 17.2. The number of hydrogen-bond donors (Lipinski definition) is 3. The Morgan fingerprint density at radius 2 is 1.60 bits per heavy atom. The maximum atomic E-state index is 12.0. The van der Waals surface area contributed by atoms with Crippen LogP contribution < -0.4 is 30.4 Å². The highest BCUT2D eigenvalue weighted by molar-refractivity contribution is 5.94. The molecule has 0 aromatic heterocycles. The molecule has 2 rings (SSSR count). The molecule has 3 N–H and O–H groups in total. The van der Waals surface area contributed by atoms with Crippen molar-refractivity contribution in [2.45, 2.75) is 0 Å². The number of methoxy groups -OCH3 is 3. The lowest BCUT2D eigenvalue weighted by atomic mass is 10.1. The zero-order valence-corrected chi connectivity index (χ0v) is 17.2. The molecular weight excluding hydrogens is 386 g/mol. The van der Waals surface area contributed by atoms with E-state index in [1.165, 1.54) is 13.2 Å². The second-order valence-electron chi connectivity index (χ2n) is 6.04. The van der Waals surface area contributed by atoms with Crippen molar-refractivity contribution in [1.82, 2.24) is 16.2 Å². The first-order valence-corrected chi connectivity index (χ1v) is 9.03. The Kier molecular flexibility index (Phi) is 8.31. The van der Waals surface area contributed by atoms with Crippen molar-refractivity contribution in [3.63, 3.8) is 0 Å². The monoisotopic (exact) mass is 411 g/mol. The largest absolute Gasteiger partial charge is 0.497 e.